The minimum Gasteiger partial charge on any atom is -0.441 e. The first kappa shape index (κ1) is 12.0. The number of thiophene rings is 1. The van der Waals surface area contributed by atoms with Crippen LogP contribution in [0.4, 0.5) is 0 Å². The minimum absolute atomic E-state index is 0.203. The molecule has 0 bridgehead atoms. The molecule has 0 spiro atoms. The Morgan fingerprint density at radius 3 is 2.83 bits per heavy atom. The fourth-order valence-corrected chi connectivity index (χ4v) is 3.41. The first-order valence-electron chi connectivity index (χ1n) is 5.45. The van der Waals surface area contributed by atoms with E-state index in [1.807, 2.05) is 35.7 Å². The number of hydrogen-bond donors (Lipinski definition) is 0. The van der Waals surface area contributed by atoms with Crippen LogP contribution in [-0.2, 0) is 6.42 Å². The summed E-state index contributed by atoms with van der Waals surface area (Å²) in [6.45, 7) is 0. The van der Waals surface area contributed by atoms with Crippen molar-refractivity contribution in [1.82, 2.24) is 4.98 Å². The van der Waals surface area contributed by atoms with Crippen LogP contribution in [0.15, 0.2) is 40.1 Å². The van der Waals surface area contributed by atoms with E-state index in [1.165, 1.54) is 0 Å². The van der Waals surface area contributed by atoms with Gasteiger partial charge in [0.1, 0.15) is 5.52 Å². The molecule has 0 radical (unpaired) electrons. The fourth-order valence-electron chi connectivity index (χ4n) is 1.78. The van der Waals surface area contributed by atoms with Crippen molar-refractivity contribution >= 4 is 45.6 Å². The summed E-state index contributed by atoms with van der Waals surface area (Å²) in [5, 5.41) is 2.43. The number of oxazole rings is 1. The first-order chi connectivity index (χ1) is 8.74. The van der Waals surface area contributed by atoms with E-state index in [1.54, 1.807) is 11.3 Å². The highest BCUT2D eigenvalue weighted by atomic mass is 35.5. The number of aromatic nitrogens is 1. The van der Waals surface area contributed by atoms with Crippen LogP contribution in [0, 0.1) is 0 Å². The highest BCUT2D eigenvalue weighted by Crippen LogP contribution is 2.35. The van der Waals surface area contributed by atoms with E-state index in [0.29, 0.717) is 17.3 Å². The third-order valence-electron chi connectivity index (χ3n) is 2.62. The van der Waals surface area contributed by atoms with E-state index >= 15 is 0 Å². The second-order valence-electron chi connectivity index (χ2n) is 3.88. The summed E-state index contributed by atoms with van der Waals surface area (Å²) in [7, 11) is 0. The van der Waals surface area contributed by atoms with E-state index in [9.17, 15) is 0 Å². The molecule has 3 aromatic rings. The van der Waals surface area contributed by atoms with Crippen LogP contribution in [0.25, 0.3) is 11.1 Å². The molecule has 0 fully saturated rings. The molecule has 1 aromatic carbocycles. The Hall–Kier alpha value is -1.03. The van der Waals surface area contributed by atoms with E-state index in [2.05, 4.69) is 4.98 Å². The zero-order valence-electron chi connectivity index (χ0n) is 9.27. The van der Waals surface area contributed by atoms with E-state index in [-0.39, 0.29) is 5.38 Å². The molecule has 0 N–H and O–H groups in total. The molecule has 2 nitrogen and oxygen atoms in total. The maximum absolute atomic E-state index is 6.34. The fraction of sp³-hybridized carbons (Fsp3) is 0.154. The molecule has 2 aromatic heterocycles. The lowest BCUT2D eigenvalue weighted by molar-refractivity contribution is 0.526. The number of para-hydroxylation sites is 2. The van der Waals surface area contributed by atoms with Crippen molar-refractivity contribution in [3.05, 3.63) is 51.5 Å². The number of hydrogen-bond acceptors (Lipinski definition) is 3. The second kappa shape index (κ2) is 4.92. The first-order valence-corrected chi connectivity index (χ1v) is 7.15. The zero-order valence-corrected chi connectivity index (χ0v) is 11.6. The number of halogens is 2. The summed E-state index contributed by atoms with van der Waals surface area (Å²) >= 11 is 13.9. The van der Waals surface area contributed by atoms with Gasteiger partial charge in [-0.1, -0.05) is 23.7 Å². The number of rotatable bonds is 3. The van der Waals surface area contributed by atoms with Gasteiger partial charge >= 0.3 is 0 Å². The van der Waals surface area contributed by atoms with Crippen molar-refractivity contribution in [1.29, 1.82) is 0 Å². The average Bonchev–Trinajstić information content (AvgIpc) is 2.94. The van der Waals surface area contributed by atoms with Gasteiger partial charge in [-0.3, -0.25) is 0 Å². The number of fused-ring (bicyclic) bond motifs is 1. The molecule has 0 aliphatic heterocycles. The minimum atomic E-state index is -0.203. The van der Waals surface area contributed by atoms with Gasteiger partial charge in [-0.2, -0.15) is 0 Å². The van der Waals surface area contributed by atoms with E-state index in [4.69, 9.17) is 27.6 Å². The monoisotopic (exact) mass is 297 g/mol. The van der Waals surface area contributed by atoms with Crippen molar-refractivity contribution < 1.29 is 4.42 Å². The van der Waals surface area contributed by atoms with Gasteiger partial charge in [0.15, 0.2) is 11.5 Å². The van der Waals surface area contributed by atoms with Crippen LogP contribution in [0.2, 0.25) is 5.02 Å². The van der Waals surface area contributed by atoms with Crippen LogP contribution in [0.3, 0.4) is 0 Å². The maximum Gasteiger partial charge on any atom is 0.197 e. The standard InChI is InChI=1S/C13H9Cl2NOS/c14-8-5-6-18-13(8)9(15)7-12-16-10-3-1-2-4-11(10)17-12/h1-6,9H,7H2. The van der Waals surface area contributed by atoms with Crippen molar-refractivity contribution in [2.75, 3.05) is 0 Å². The normalized spacial score (nSPS) is 13.0. The summed E-state index contributed by atoms with van der Waals surface area (Å²) < 4.78 is 5.64. The summed E-state index contributed by atoms with van der Waals surface area (Å²) in [4.78, 5) is 5.36. The van der Waals surface area contributed by atoms with Gasteiger partial charge in [-0.05, 0) is 23.6 Å². The molecule has 2 heterocycles. The quantitative estimate of drug-likeness (QED) is 0.631. The van der Waals surface area contributed by atoms with E-state index in [0.717, 1.165) is 16.0 Å². The van der Waals surface area contributed by atoms with E-state index < -0.39 is 0 Å². The Balaban J connectivity index is 1.86. The summed E-state index contributed by atoms with van der Waals surface area (Å²) in [6.07, 6.45) is 0.538. The summed E-state index contributed by atoms with van der Waals surface area (Å²) in [5.41, 5.74) is 1.64. The van der Waals surface area contributed by atoms with Gasteiger partial charge in [0.2, 0.25) is 0 Å². The Kier molecular flexibility index (Phi) is 3.29. The highest BCUT2D eigenvalue weighted by molar-refractivity contribution is 7.11. The van der Waals surface area contributed by atoms with Crippen LogP contribution in [0.1, 0.15) is 16.1 Å². The van der Waals surface area contributed by atoms with Crippen molar-refractivity contribution in [2.24, 2.45) is 0 Å². The lowest BCUT2D eigenvalue weighted by Crippen LogP contribution is -1.94. The average molecular weight is 298 g/mol. The number of nitrogens with zero attached hydrogens (tertiary/aromatic N) is 1. The molecule has 5 heteroatoms. The molecule has 0 saturated heterocycles. The predicted octanol–water partition coefficient (Wildman–Crippen LogP) is 5.07. The van der Waals surface area contributed by atoms with Crippen molar-refractivity contribution in [3.63, 3.8) is 0 Å². The number of alkyl halides is 1. The lowest BCUT2D eigenvalue weighted by atomic mass is 10.2. The maximum atomic E-state index is 6.34. The summed E-state index contributed by atoms with van der Waals surface area (Å²) in [5.74, 6) is 0.640. The predicted molar refractivity (Wildman–Crippen MR) is 75.6 cm³/mol. The van der Waals surface area contributed by atoms with Crippen LogP contribution in [0.5, 0.6) is 0 Å². The van der Waals surface area contributed by atoms with Gasteiger partial charge in [0.25, 0.3) is 0 Å². The van der Waals surface area contributed by atoms with Crippen LogP contribution < -0.4 is 0 Å². The molecule has 18 heavy (non-hydrogen) atoms. The van der Waals surface area contributed by atoms with Gasteiger partial charge in [0, 0.05) is 11.3 Å². The summed E-state index contributed by atoms with van der Waals surface area (Å²) in [6, 6.07) is 9.52. The molecule has 0 aliphatic rings. The van der Waals surface area contributed by atoms with Gasteiger partial charge in [-0.25, -0.2) is 4.98 Å². The molecule has 0 amide bonds. The molecular formula is C13H9Cl2NOS. The Morgan fingerprint density at radius 2 is 2.11 bits per heavy atom. The smallest absolute Gasteiger partial charge is 0.197 e. The zero-order chi connectivity index (χ0) is 12.5. The lowest BCUT2D eigenvalue weighted by Gasteiger charge is -2.04. The molecule has 1 atom stereocenters. The molecule has 92 valence electrons. The SMILES string of the molecule is Clc1ccsc1C(Cl)Cc1nc2ccccc2o1. The third-order valence-corrected chi connectivity index (χ3v) is 4.60. The van der Waals surface area contributed by atoms with Crippen molar-refractivity contribution in [3.8, 4) is 0 Å². The largest absolute Gasteiger partial charge is 0.441 e. The van der Waals surface area contributed by atoms with Gasteiger partial charge < -0.3 is 4.42 Å². The van der Waals surface area contributed by atoms with Crippen LogP contribution in [-0.4, -0.2) is 4.98 Å². The molecular weight excluding hydrogens is 289 g/mol. The Labute approximate surface area is 118 Å². The van der Waals surface area contributed by atoms with Gasteiger partial charge in [0.05, 0.1) is 10.4 Å². The molecule has 3 rings (SSSR count). The second-order valence-corrected chi connectivity index (χ2v) is 5.76. The molecule has 0 saturated carbocycles. The Bertz CT molecular complexity index is 643. The number of benzene rings is 1. The molecule has 0 aliphatic carbocycles. The molecule has 1 unspecified atom stereocenters. The van der Waals surface area contributed by atoms with Gasteiger partial charge in [-0.15, -0.1) is 22.9 Å². The highest BCUT2D eigenvalue weighted by Gasteiger charge is 2.17. The van der Waals surface area contributed by atoms with Crippen molar-refractivity contribution in [2.45, 2.75) is 11.8 Å². The topological polar surface area (TPSA) is 26.0 Å². The van der Waals surface area contributed by atoms with Crippen LogP contribution >= 0.6 is 34.5 Å². The third kappa shape index (κ3) is 2.26. The Morgan fingerprint density at radius 1 is 1.28 bits per heavy atom.